The lowest BCUT2D eigenvalue weighted by atomic mass is 9.55. The summed E-state index contributed by atoms with van der Waals surface area (Å²) >= 11 is 0. The maximum Gasteiger partial charge on any atom is 0.331 e. The van der Waals surface area contributed by atoms with E-state index in [0.29, 0.717) is 5.57 Å². The van der Waals surface area contributed by atoms with Gasteiger partial charge in [-0.15, -0.1) is 0 Å². The number of carboxylic acid groups (broad SMARTS) is 1. The summed E-state index contributed by atoms with van der Waals surface area (Å²) < 4.78 is 0. The molecular weight excluding hydrogens is 228 g/mol. The Bertz CT molecular complexity index is 399. The second-order valence-corrected chi connectivity index (χ2v) is 6.07. The van der Waals surface area contributed by atoms with Crippen LogP contribution in [-0.2, 0) is 4.79 Å². The minimum absolute atomic E-state index is 0.0302. The van der Waals surface area contributed by atoms with Gasteiger partial charge in [0.1, 0.15) is 0 Å². The molecule has 2 fully saturated rings. The summed E-state index contributed by atoms with van der Waals surface area (Å²) in [4.78, 5) is 11.0. The number of aliphatic hydroxyl groups is 1. The number of aliphatic carboxylic acids is 1. The Hall–Kier alpha value is -1.09. The number of fused-ring (bicyclic) bond motifs is 1. The second-order valence-electron chi connectivity index (χ2n) is 6.07. The fourth-order valence-corrected chi connectivity index (χ4v) is 3.68. The summed E-state index contributed by atoms with van der Waals surface area (Å²) in [5, 5.41) is 19.3. The Morgan fingerprint density at radius 1 is 1.44 bits per heavy atom. The highest BCUT2D eigenvalue weighted by molar-refractivity contribution is 5.86. The molecule has 0 aromatic carbocycles. The van der Waals surface area contributed by atoms with Crippen LogP contribution in [0, 0.1) is 17.3 Å². The maximum atomic E-state index is 11.0. The van der Waals surface area contributed by atoms with E-state index in [0.717, 1.165) is 32.1 Å². The number of hydrogen-bond donors (Lipinski definition) is 2. The highest BCUT2D eigenvalue weighted by Gasteiger charge is 2.48. The number of hydrogen-bond acceptors (Lipinski definition) is 2. The highest BCUT2D eigenvalue weighted by atomic mass is 16.4. The molecule has 0 radical (unpaired) electrons. The molecule has 2 aliphatic carbocycles. The van der Waals surface area contributed by atoms with Crippen LogP contribution in [-0.4, -0.2) is 22.3 Å². The SMILES string of the molecule is C=C(C(=O)O)C1CCC2(C)C(O)CCC(=C)C2C1. The topological polar surface area (TPSA) is 57.5 Å². The third kappa shape index (κ3) is 2.01. The van der Waals surface area contributed by atoms with Gasteiger partial charge >= 0.3 is 5.97 Å². The zero-order valence-corrected chi connectivity index (χ0v) is 11.0. The van der Waals surface area contributed by atoms with E-state index in [1.807, 2.05) is 0 Å². The van der Waals surface area contributed by atoms with E-state index in [4.69, 9.17) is 5.11 Å². The monoisotopic (exact) mass is 250 g/mol. The minimum Gasteiger partial charge on any atom is -0.478 e. The van der Waals surface area contributed by atoms with Gasteiger partial charge in [-0.1, -0.05) is 25.7 Å². The van der Waals surface area contributed by atoms with Gasteiger partial charge in [0.05, 0.1) is 6.10 Å². The Balaban J connectivity index is 2.19. The number of aliphatic hydroxyl groups excluding tert-OH is 1. The van der Waals surface area contributed by atoms with E-state index in [-0.39, 0.29) is 23.4 Å². The molecular formula is C15H22O3. The molecule has 0 amide bonds. The molecule has 3 nitrogen and oxygen atoms in total. The van der Waals surface area contributed by atoms with Crippen molar-refractivity contribution in [3.05, 3.63) is 24.3 Å². The van der Waals surface area contributed by atoms with Gasteiger partial charge < -0.3 is 10.2 Å². The molecule has 2 saturated carbocycles. The van der Waals surface area contributed by atoms with Crippen molar-refractivity contribution in [2.45, 2.75) is 45.1 Å². The third-order valence-electron chi connectivity index (χ3n) is 5.11. The van der Waals surface area contributed by atoms with Gasteiger partial charge in [-0.2, -0.15) is 0 Å². The summed E-state index contributed by atoms with van der Waals surface area (Å²) in [5.41, 5.74) is 1.36. The Kier molecular flexibility index (Phi) is 3.37. The molecule has 3 heteroatoms. The van der Waals surface area contributed by atoms with Crippen LogP contribution in [0.25, 0.3) is 0 Å². The molecule has 0 aromatic heterocycles. The molecule has 0 spiro atoms. The van der Waals surface area contributed by atoms with Crippen LogP contribution in [0.4, 0.5) is 0 Å². The number of rotatable bonds is 2. The van der Waals surface area contributed by atoms with Crippen LogP contribution in [0.1, 0.15) is 39.0 Å². The zero-order chi connectivity index (χ0) is 13.5. The lowest BCUT2D eigenvalue weighted by molar-refractivity contribution is -0.133. The van der Waals surface area contributed by atoms with E-state index < -0.39 is 5.97 Å². The molecule has 2 aliphatic rings. The Labute approximate surface area is 108 Å². The van der Waals surface area contributed by atoms with Crippen molar-refractivity contribution in [1.82, 2.24) is 0 Å². The van der Waals surface area contributed by atoms with E-state index in [1.165, 1.54) is 5.57 Å². The predicted molar refractivity (Wildman–Crippen MR) is 70.1 cm³/mol. The van der Waals surface area contributed by atoms with Crippen molar-refractivity contribution in [2.75, 3.05) is 0 Å². The van der Waals surface area contributed by atoms with Crippen molar-refractivity contribution in [1.29, 1.82) is 0 Å². The van der Waals surface area contributed by atoms with Crippen LogP contribution in [0.15, 0.2) is 24.3 Å². The van der Waals surface area contributed by atoms with Crippen LogP contribution in [0.2, 0.25) is 0 Å². The van der Waals surface area contributed by atoms with Gasteiger partial charge in [0, 0.05) is 11.0 Å². The molecule has 0 aromatic rings. The molecule has 4 atom stereocenters. The first-order valence-corrected chi connectivity index (χ1v) is 6.64. The van der Waals surface area contributed by atoms with Gasteiger partial charge in [-0.3, -0.25) is 0 Å². The first-order valence-electron chi connectivity index (χ1n) is 6.64. The van der Waals surface area contributed by atoms with Crippen molar-refractivity contribution in [3.63, 3.8) is 0 Å². The Morgan fingerprint density at radius 2 is 2.11 bits per heavy atom. The number of carbonyl (C=O) groups is 1. The van der Waals surface area contributed by atoms with Crippen LogP contribution < -0.4 is 0 Å². The fourth-order valence-electron chi connectivity index (χ4n) is 3.68. The standard InChI is InChI=1S/C15H22O3/c1-9-4-5-13(16)15(3)7-6-11(8-12(9)15)10(2)14(17)18/h11-13,16H,1-2,4-8H2,3H3,(H,17,18). The average Bonchev–Trinajstić information content (AvgIpc) is 2.33. The van der Waals surface area contributed by atoms with Crippen molar-refractivity contribution < 1.29 is 15.0 Å². The lowest BCUT2D eigenvalue weighted by Gasteiger charge is -2.51. The first kappa shape index (κ1) is 13.3. The quantitative estimate of drug-likeness (QED) is 0.585. The predicted octanol–water partition coefficient (Wildman–Crippen LogP) is 2.76. The molecule has 18 heavy (non-hydrogen) atoms. The van der Waals surface area contributed by atoms with E-state index in [1.54, 1.807) is 0 Å². The molecule has 2 N–H and O–H groups in total. The van der Waals surface area contributed by atoms with Crippen LogP contribution >= 0.6 is 0 Å². The van der Waals surface area contributed by atoms with Gasteiger partial charge in [0.15, 0.2) is 0 Å². The molecule has 0 aliphatic heterocycles. The molecule has 100 valence electrons. The maximum absolute atomic E-state index is 11.0. The molecule has 2 rings (SSSR count). The summed E-state index contributed by atoms with van der Waals surface area (Å²) in [6.07, 6.45) is 3.80. The summed E-state index contributed by atoms with van der Waals surface area (Å²) in [5.74, 6) is -0.635. The normalized spacial score (nSPS) is 40.1. The first-order chi connectivity index (χ1) is 8.36. The van der Waals surface area contributed by atoms with E-state index >= 15 is 0 Å². The fraction of sp³-hybridized carbons (Fsp3) is 0.667. The molecule has 0 heterocycles. The number of allylic oxidation sites excluding steroid dienone is 1. The smallest absolute Gasteiger partial charge is 0.331 e. The largest absolute Gasteiger partial charge is 0.478 e. The molecule has 0 saturated heterocycles. The van der Waals surface area contributed by atoms with Gasteiger partial charge in [0.25, 0.3) is 0 Å². The zero-order valence-electron chi connectivity index (χ0n) is 11.0. The Morgan fingerprint density at radius 3 is 2.72 bits per heavy atom. The van der Waals surface area contributed by atoms with Gasteiger partial charge in [-0.25, -0.2) is 4.79 Å². The van der Waals surface area contributed by atoms with Crippen LogP contribution in [0.5, 0.6) is 0 Å². The summed E-state index contributed by atoms with van der Waals surface area (Å²) in [7, 11) is 0. The highest BCUT2D eigenvalue weighted by Crippen LogP contribution is 2.54. The van der Waals surface area contributed by atoms with E-state index in [9.17, 15) is 9.90 Å². The summed E-state index contributed by atoms with van der Waals surface area (Å²) in [6.45, 7) is 9.94. The average molecular weight is 250 g/mol. The van der Waals surface area contributed by atoms with Gasteiger partial charge in [-0.05, 0) is 43.9 Å². The third-order valence-corrected chi connectivity index (χ3v) is 5.11. The van der Waals surface area contributed by atoms with Crippen molar-refractivity contribution in [2.24, 2.45) is 17.3 Å². The lowest BCUT2D eigenvalue weighted by Crippen LogP contribution is -2.47. The van der Waals surface area contributed by atoms with E-state index in [2.05, 4.69) is 20.1 Å². The van der Waals surface area contributed by atoms with Crippen molar-refractivity contribution >= 4 is 5.97 Å². The van der Waals surface area contributed by atoms with Crippen LogP contribution in [0.3, 0.4) is 0 Å². The van der Waals surface area contributed by atoms with Gasteiger partial charge in [0.2, 0.25) is 0 Å². The number of carboxylic acids is 1. The summed E-state index contributed by atoms with van der Waals surface area (Å²) in [6, 6.07) is 0. The van der Waals surface area contributed by atoms with Crippen molar-refractivity contribution in [3.8, 4) is 0 Å². The molecule has 4 unspecified atom stereocenters. The minimum atomic E-state index is -0.898. The molecule has 0 bridgehead atoms. The second kappa shape index (κ2) is 4.54.